The lowest BCUT2D eigenvalue weighted by molar-refractivity contribution is 0.844. The summed E-state index contributed by atoms with van der Waals surface area (Å²) in [5.41, 5.74) is 0.669. The van der Waals surface area contributed by atoms with Crippen molar-refractivity contribution in [3.8, 4) is 12.1 Å². The van der Waals surface area contributed by atoms with Crippen molar-refractivity contribution in [3.05, 3.63) is 17.4 Å². The fourth-order valence-electron chi connectivity index (χ4n) is 2.08. The van der Waals surface area contributed by atoms with E-state index < -0.39 is 0 Å². The summed E-state index contributed by atoms with van der Waals surface area (Å²) in [6.45, 7) is 1.08. The maximum Gasteiger partial charge on any atom is 0.227 e. The molecule has 0 aliphatic carbocycles. The summed E-state index contributed by atoms with van der Waals surface area (Å²) in [6, 6.07) is 5.94. The predicted molar refractivity (Wildman–Crippen MR) is 89.3 cm³/mol. The summed E-state index contributed by atoms with van der Waals surface area (Å²) < 4.78 is 0. The van der Waals surface area contributed by atoms with Crippen LogP contribution in [0.5, 0.6) is 0 Å². The van der Waals surface area contributed by atoms with Crippen molar-refractivity contribution < 1.29 is 0 Å². The van der Waals surface area contributed by atoms with Crippen molar-refractivity contribution in [1.29, 1.82) is 10.5 Å². The Morgan fingerprint density at radius 2 is 1.74 bits per heavy atom. The molecule has 0 fully saturated rings. The molecule has 2 aromatic rings. The lowest BCUT2D eigenvalue weighted by Gasteiger charge is -2.22. The van der Waals surface area contributed by atoms with Gasteiger partial charge in [0.25, 0.3) is 0 Å². The quantitative estimate of drug-likeness (QED) is 0.751. The molecule has 118 valence electrons. The van der Waals surface area contributed by atoms with Gasteiger partial charge in [-0.05, 0) is 6.07 Å². The Morgan fingerprint density at radius 1 is 1.09 bits per heavy atom. The molecule has 0 unspecified atom stereocenters. The second-order valence-corrected chi connectivity index (χ2v) is 5.42. The Hall–Kier alpha value is -2.64. The molecule has 0 atom stereocenters. The van der Waals surface area contributed by atoms with E-state index in [4.69, 9.17) is 22.1 Å². The molecule has 2 heterocycles. The molecule has 0 amide bonds. The number of rotatable bonds is 6. The van der Waals surface area contributed by atoms with Crippen molar-refractivity contribution in [2.24, 2.45) is 0 Å². The van der Waals surface area contributed by atoms with Crippen LogP contribution in [0.4, 0.5) is 11.8 Å². The van der Waals surface area contributed by atoms with E-state index in [1.54, 1.807) is 12.3 Å². The minimum Gasteiger partial charge on any atom is -0.358 e. The van der Waals surface area contributed by atoms with Crippen LogP contribution in [0.15, 0.2) is 12.3 Å². The molecular weight excluding hydrogens is 314 g/mol. The molecule has 2 aromatic heterocycles. The third-order valence-corrected chi connectivity index (χ3v) is 3.54. The van der Waals surface area contributed by atoms with Gasteiger partial charge in [-0.25, -0.2) is 9.97 Å². The number of nitrogens with zero attached hydrogens (tertiary/aromatic N) is 7. The second-order valence-electron chi connectivity index (χ2n) is 5.03. The van der Waals surface area contributed by atoms with Crippen molar-refractivity contribution in [2.45, 2.75) is 12.8 Å². The maximum absolute atomic E-state index is 8.78. The fraction of sp³-hybridized carbons (Fsp3) is 0.400. The first-order chi connectivity index (χ1) is 11.1. The highest BCUT2D eigenvalue weighted by molar-refractivity contribution is 6.30. The van der Waals surface area contributed by atoms with Crippen LogP contribution in [0.25, 0.3) is 10.9 Å². The van der Waals surface area contributed by atoms with Crippen LogP contribution in [0.2, 0.25) is 5.15 Å². The van der Waals surface area contributed by atoms with Gasteiger partial charge in [0.1, 0.15) is 11.0 Å². The molecule has 8 heteroatoms. The minimum atomic E-state index is 0.363. The van der Waals surface area contributed by atoms with Gasteiger partial charge < -0.3 is 9.80 Å². The number of nitriles is 2. The summed E-state index contributed by atoms with van der Waals surface area (Å²) in [7, 11) is 3.70. The van der Waals surface area contributed by atoms with Crippen molar-refractivity contribution in [1.82, 2.24) is 15.0 Å². The third kappa shape index (κ3) is 3.97. The van der Waals surface area contributed by atoms with Crippen LogP contribution < -0.4 is 9.80 Å². The van der Waals surface area contributed by atoms with E-state index in [-0.39, 0.29) is 0 Å². The molecule has 0 aliphatic rings. The molecule has 7 nitrogen and oxygen atoms in total. The highest BCUT2D eigenvalue weighted by atomic mass is 35.5. The van der Waals surface area contributed by atoms with E-state index in [0.29, 0.717) is 48.4 Å². The minimum absolute atomic E-state index is 0.363. The lowest BCUT2D eigenvalue weighted by atomic mass is 10.2. The van der Waals surface area contributed by atoms with Gasteiger partial charge >= 0.3 is 0 Å². The average molecular weight is 330 g/mol. The van der Waals surface area contributed by atoms with Crippen molar-refractivity contribution in [2.75, 3.05) is 37.0 Å². The standard InChI is InChI=1S/C15H16ClN7/c1-22(7-3-5-17)14-11-9-13(16)19-10-12(11)20-15(21-14)23(2)8-4-6-18/h9-10H,3-4,7-8H2,1-2H3. The number of halogens is 1. The van der Waals surface area contributed by atoms with E-state index in [0.717, 1.165) is 5.39 Å². The van der Waals surface area contributed by atoms with E-state index in [1.165, 1.54) is 0 Å². The molecule has 0 bridgehead atoms. The van der Waals surface area contributed by atoms with Gasteiger partial charge in [-0.1, -0.05) is 11.6 Å². The molecular formula is C15H16ClN7. The molecule has 2 rings (SSSR count). The summed E-state index contributed by atoms with van der Waals surface area (Å²) in [6.07, 6.45) is 2.37. The highest BCUT2D eigenvalue weighted by Gasteiger charge is 2.15. The second kappa shape index (κ2) is 7.57. The smallest absolute Gasteiger partial charge is 0.227 e. The van der Waals surface area contributed by atoms with E-state index in [9.17, 15) is 0 Å². The van der Waals surface area contributed by atoms with Crippen LogP contribution >= 0.6 is 11.6 Å². The van der Waals surface area contributed by atoms with Crippen molar-refractivity contribution >= 4 is 34.3 Å². The topological polar surface area (TPSA) is 92.7 Å². The van der Waals surface area contributed by atoms with Crippen molar-refractivity contribution in [3.63, 3.8) is 0 Å². The Bertz CT molecular complexity index is 778. The zero-order valence-corrected chi connectivity index (χ0v) is 13.7. The zero-order valence-electron chi connectivity index (χ0n) is 13.0. The largest absolute Gasteiger partial charge is 0.358 e. The predicted octanol–water partition coefficient (Wildman–Crippen LogP) is 2.38. The third-order valence-electron chi connectivity index (χ3n) is 3.34. The fourth-order valence-corrected chi connectivity index (χ4v) is 2.24. The maximum atomic E-state index is 8.78. The van der Waals surface area contributed by atoms with Gasteiger partial charge in [0.05, 0.1) is 36.7 Å². The van der Waals surface area contributed by atoms with Gasteiger partial charge in [-0.15, -0.1) is 0 Å². The average Bonchev–Trinajstić information content (AvgIpc) is 2.56. The first-order valence-corrected chi connectivity index (χ1v) is 7.44. The van der Waals surface area contributed by atoms with Crippen LogP contribution in [-0.2, 0) is 0 Å². The summed E-state index contributed by atoms with van der Waals surface area (Å²) in [5, 5.41) is 18.6. The monoisotopic (exact) mass is 329 g/mol. The molecule has 0 aromatic carbocycles. The van der Waals surface area contributed by atoms with E-state index in [2.05, 4.69) is 27.1 Å². The van der Waals surface area contributed by atoms with Gasteiger partial charge in [0.15, 0.2) is 0 Å². The van der Waals surface area contributed by atoms with Gasteiger partial charge in [0.2, 0.25) is 5.95 Å². The first-order valence-electron chi connectivity index (χ1n) is 7.06. The molecule has 0 saturated heterocycles. The zero-order chi connectivity index (χ0) is 16.8. The number of fused-ring (bicyclic) bond motifs is 1. The molecule has 0 aliphatic heterocycles. The highest BCUT2D eigenvalue weighted by Crippen LogP contribution is 2.27. The van der Waals surface area contributed by atoms with Crippen LogP contribution in [0, 0.1) is 22.7 Å². The summed E-state index contributed by atoms with van der Waals surface area (Å²) in [5.74, 6) is 1.20. The van der Waals surface area contributed by atoms with Crippen LogP contribution in [0.3, 0.4) is 0 Å². The van der Waals surface area contributed by atoms with Gasteiger partial charge in [-0.3, -0.25) is 0 Å². The van der Waals surface area contributed by atoms with E-state index >= 15 is 0 Å². The van der Waals surface area contributed by atoms with Crippen LogP contribution in [-0.4, -0.2) is 42.1 Å². The molecule has 0 saturated carbocycles. The number of pyridine rings is 1. The Labute approximate surface area is 139 Å². The van der Waals surface area contributed by atoms with Gasteiger partial charge in [-0.2, -0.15) is 15.5 Å². The van der Waals surface area contributed by atoms with Crippen LogP contribution in [0.1, 0.15) is 12.8 Å². The lowest BCUT2D eigenvalue weighted by Crippen LogP contribution is -2.24. The molecule has 0 N–H and O–H groups in total. The molecule has 0 spiro atoms. The molecule has 0 radical (unpaired) electrons. The first kappa shape index (κ1) is 16.7. The van der Waals surface area contributed by atoms with Gasteiger partial charge in [0, 0.05) is 32.6 Å². The number of hydrogen-bond acceptors (Lipinski definition) is 7. The SMILES string of the molecule is CN(CCC#N)c1nc(N(C)CCC#N)c2cc(Cl)ncc2n1. The number of hydrogen-bond donors (Lipinski definition) is 0. The Kier molecular flexibility index (Phi) is 5.51. The Balaban J connectivity index is 2.50. The van der Waals surface area contributed by atoms with E-state index in [1.807, 2.05) is 23.9 Å². The Morgan fingerprint density at radius 3 is 2.39 bits per heavy atom. The normalized spacial score (nSPS) is 10.1. The summed E-state index contributed by atoms with van der Waals surface area (Å²) >= 11 is 5.99. The summed E-state index contributed by atoms with van der Waals surface area (Å²) in [4.78, 5) is 16.8. The number of anilines is 2. The molecule has 23 heavy (non-hydrogen) atoms. The number of aromatic nitrogens is 3.